The van der Waals surface area contributed by atoms with E-state index in [9.17, 15) is 0 Å². The van der Waals surface area contributed by atoms with Crippen molar-refractivity contribution in [1.82, 2.24) is 4.90 Å². The third-order valence-corrected chi connectivity index (χ3v) is 3.86. The minimum absolute atomic E-state index is 0.627. The minimum Gasteiger partial charge on any atom is -0.399 e. The molecule has 1 aliphatic carbocycles. The zero-order valence-electron chi connectivity index (χ0n) is 11.1. The molecule has 1 aromatic rings. The van der Waals surface area contributed by atoms with Gasteiger partial charge in [-0.05, 0) is 55.6 Å². The average Bonchev–Trinajstić information content (AvgIpc) is 2.73. The molecule has 1 aliphatic rings. The van der Waals surface area contributed by atoms with Crippen molar-refractivity contribution in [1.29, 1.82) is 0 Å². The third kappa shape index (κ3) is 2.63. The first-order valence-corrected chi connectivity index (χ1v) is 6.88. The Balaban J connectivity index is 2.14. The zero-order chi connectivity index (χ0) is 12.3. The molecular weight excluding hydrogens is 208 g/mol. The molecule has 0 heterocycles. The molecule has 0 saturated carbocycles. The minimum atomic E-state index is 0.627. The molecule has 0 fully saturated rings. The smallest absolute Gasteiger partial charge is 0.0353 e. The van der Waals surface area contributed by atoms with Crippen molar-refractivity contribution < 1.29 is 0 Å². The van der Waals surface area contributed by atoms with Gasteiger partial charge in [-0.25, -0.2) is 0 Å². The fourth-order valence-electron chi connectivity index (χ4n) is 2.89. The van der Waals surface area contributed by atoms with Crippen molar-refractivity contribution >= 4 is 5.69 Å². The van der Waals surface area contributed by atoms with Crippen LogP contribution in [0.5, 0.6) is 0 Å². The Labute approximate surface area is 105 Å². The predicted molar refractivity (Wildman–Crippen MR) is 74.1 cm³/mol. The van der Waals surface area contributed by atoms with Gasteiger partial charge in [-0.15, -0.1) is 0 Å². The molecule has 0 aliphatic heterocycles. The first-order valence-electron chi connectivity index (χ1n) is 6.88. The van der Waals surface area contributed by atoms with Gasteiger partial charge in [0.05, 0.1) is 0 Å². The highest BCUT2D eigenvalue weighted by Gasteiger charge is 2.26. The first-order chi connectivity index (χ1) is 8.26. The van der Waals surface area contributed by atoms with Gasteiger partial charge in [-0.1, -0.05) is 26.3 Å². The zero-order valence-corrected chi connectivity index (χ0v) is 11.1. The normalized spacial score (nSPS) is 18.6. The summed E-state index contributed by atoms with van der Waals surface area (Å²) in [4.78, 5) is 2.62. The summed E-state index contributed by atoms with van der Waals surface area (Å²) in [5, 5.41) is 0. The molecule has 1 aromatic carbocycles. The van der Waals surface area contributed by atoms with Gasteiger partial charge in [-0.2, -0.15) is 0 Å². The predicted octanol–water partition coefficient (Wildman–Crippen LogP) is 3.38. The summed E-state index contributed by atoms with van der Waals surface area (Å²) in [5.74, 6) is 0. The highest BCUT2D eigenvalue weighted by Crippen LogP contribution is 2.36. The van der Waals surface area contributed by atoms with Crippen LogP contribution in [0.4, 0.5) is 5.69 Å². The quantitative estimate of drug-likeness (QED) is 0.789. The lowest BCUT2D eigenvalue weighted by molar-refractivity contribution is 0.204. The number of aryl methyl sites for hydroxylation is 1. The standard InChI is InChI=1S/C15H24N2/c1-3-5-10-17(4-2)15-9-6-12-11-13(16)7-8-14(12)15/h7-8,11,15H,3-6,9-10,16H2,1-2H3. The van der Waals surface area contributed by atoms with E-state index in [1.165, 1.54) is 43.4 Å². The molecule has 2 heteroatoms. The van der Waals surface area contributed by atoms with E-state index in [1.54, 1.807) is 0 Å². The Kier molecular flexibility index (Phi) is 4.06. The third-order valence-electron chi connectivity index (χ3n) is 3.86. The molecule has 0 bridgehead atoms. The summed E-state index contributed by atoms with van der Waals surface area (Å²) >= 11 is 0. The number of benzene rings is 1. The maximum absolute atomic E-state index is 5.85. The first kappa shape index (κ1) is 12.4. The van der Waals surface area contributed by atoms with Crippen LogP contribution in [0.15, 0.2) is 18.2 Å². The lowest BCUT2D eigenvalue weighted by Crippen LogP contribution is -2.28. The number of nitrogens with zero attached hydrogens (tertiary/aromatic N) is 1. The van der Waals surface area contributed by atoms with Crippen LogP contribution < -0.4 is 5.73 Å². The van der Waals surface area contributed by atoms with Crippen molar-refractivity contribution in [3.63, 3.8) is 0 Å². The second kappa shape index (κ2) is 5.54. The van der Waals surface area contributed by atoms with Gasteiger partial charge >= 0.3 is 0 Å². The van der Waals surface area contributed by atoms with Crippen molar-refractivity contribution in [3.8, 4) is 0 Å². The van der Waals surface area contributed by atoms with Crippen molar-refractivity contribution in [2.75, 3.05) is 18.8 Å². The molecule has 0 saturated heterocycles. The van der Waals surface area contributed by atoms with Crippen LogP contribution in [0.1, 0.15) is 50.3 Å². The molecule has 94 valence electrons. The molecule has 1 unspecified atom stereocenters. The number of unbranched alkanes of at least 4 members (excludes halogenated alkanes) is 1. The molecular formula is C15H24N2. The number of nitrogens with two attached hydrogens (primary N) is 1. The number of fused-ring (bicyclic) bond motifs is 1. The van der Waals surface area contributed by atoms with Gasteiger partial charge in [-0.3, -0.25) is 4.90 Å². The lowest BCUT2D eigenvalue weighted by Gasteiger charge is -2.28. The van der Waals surface area contributed by atoms with Crippen molar-refractivity contribution in [3.05, 3.63) is 29.3 Å². The fraction of sp³-hybridized carbons (Fsp3) is 0.600. The fourth-order valence-corrected chi connectivity index (χ4v) is 2.89. The number of nitrogen functional groups attached to an aromatic ring is 1. The second-order valence-corrected chi connectivity index (χ2v) is 4.99. The highest BCUT2D eigenvalue weighted by atomic mass is 15.1. The monoisotopic (exact) mass is 232 g/mol. The topological polar surface area (TPSA) is 29.3 Å². The van der Waals surface area contributed by atoms with Crippen molar-refractivity contribution in [2.45, 2.75) is 45.6 Å². The van der Waals surface area contributed by atoms with E-state index >= 15 is 0 Å². The van der Waals surface area contributed by atoms with E-state index in [0.29, 0.717) is 6.04 Å². The Hall–Kier alpha value is -1.02. The molecule has 0 aromatic heterocycles. The van der Waals surface area contributed by atoms with E-state index in [0.717, 1.165) is 12.2 Å². The number of rotatable bonds is 5. The van der Waals surface area contributed by atoms with Gasteiger partial charge in [0.2, 0.25) is 0 Å². The average molecular weight is 232 g/mol. The Bertz CT molecular complexity index is 373. The Morgan fingerprint density at radius 3 is 2.88 bits per heavy atom. The Morgan fingerprint density at radius 1 is 1.35 bits per heavy atom. The summed E-state index contributed by atoms with van der Waals surface area (Å²) < 4.78 is 0. The van der Waals surface area contributed by atoms with Crippen LogP contribution in [0, 0.1) is 0 Å². The van der Waals surface area contributed by atoms with E-state index in [-0.39, 0.29) is 0 Å². The molecule has 2 N–H and O–H groups in total. The number of hydrogen-bond donors (Lipinski definition) is 1. The Morgan fingerprint density at radius 2 is 2.18 bits per heavy atom. The molecule has 1 atom stereocenters. The lowest BCUT2D eigenvalue weighted by atomic mass is 10.1. The van der Waals surface area contributed by atoms with Gasteiger partial charge in [0.1, 0.15) is 0 Å². The van der Waals surface area contributed by atoms with Crippen LogP contribution in [0.2, 0.25) is 0 Å². The van der Waals surface area contributed by atoms with Gasteiger partial charge in [0.25, 0.3) is 0 Å². The van der Waals surface area contributed by atoms with E-state index in [1.807, 2.05) is 6.07 Å². The highest BCUT2D eigenvalue weighted by molar-refractivity contribution is 5.47. The van der Waals surface area contributed by atoms with Crippen LogP contribution in [-0.4, -0.2) is 18.0 Å². The molecule has 0 radical (unpaired) electrons. The maximum Gasteiger partial charge on any atom is 0.0353 e. The summed E-state index contributed by atoms with van der Waals surface area (Å²) in [6.07, 6.45) is 5.02. The van der Waals surface area contributed by atoms with E-state index < -0.39 is 0 Å². The molecule has 2 rings (SSSR count). The summed E-state index contributed by atoms with van der Waals surface area (Å²) in [7, 11) is 0. The largest absolute Gasteiger partial charge is 0.399 e. The van der Waals surface area contributed by atoms with E-state index in [2.05, 4.69) is 30.9 Å². The van der Waals surface area contributed by atoms with E-state index in [4.69, 9.17) is 5.73 Å². The van der Waals surface area contributed by atoms with Crippen LogP contribution in [-0.2, 0) is 6.42 Å². The van der Waals surface area contributed by atoms with Gasteiger partial charge < -0.3 is 5.73 Å². The molecule has 0 amide bonds. The van der Waals surface area contributed by atoms with Crippen molar-refractivity contribution in [2.24, 2.45) is 0 Å². The maximum atomic E-state index is 5.85. The van der Waals surface area contributed by atoms with Crippen LogP contribution in [0.25, 0.3) is 0 Å². The van der Waals surface area contributed by atoms with Crippen LogP contribution >= 0.6 is 0 Å². The molecule has 17 heavy (non-hydrogen) atoms. The van der Waals surface area contributed by atoms with Gasteiger partial charge in [0, 0.05) is 11.7 Å². The number of hydrogen-bond acceptors (Lipinski definition) is 2. The number of anilines is 1. The summed E-state index contributed by atoms with van der Waals surface area (Å²) in [6.45, 7) is 6.90. The van der Waals surface area contributed by atoms with Crippen LogP contribution in [0.3, 0.4) is 0 Å². The molecule has 0 spiro atoms. The summed E-state index contributed by atoms with van der Waals surface area (Å²) in [5.41, 5.74) is 9.73. The van der Waals surface area contributed by atoms with Gasteiger partial charge in [0.15, 0.2) is 0 Å². The summed E-state index contributed by atoms with van der Waals surface area (Å²) in [6, 6.07) is 7.06. The second-order valence-electron chi connectivity index (χ2n) is 4.99. The SMILES string of the molecule is CCCCN(CC)C1CCc2cc(N)ccc21. The molecule has 2 nitrogen and oxygen atoms in total.